The second kappa shape index (κ2) is 8.98. The van der Waals surface area contributed by atoms with Gasteiger partial charge in [-0.2, -0.15) is 4.31 Å². The Morgan fingerprint density at radius 2 is 1.82 bits per heavy atom. The van der Waals surface area contributed by atoms with E-state index in [0.717, 1.165) is 10.6 Å². The summed E-state index contributed by atoms with van der Waals surface area (Å²) in [6, 6.07) is 14.1. The fraction of sp³-hybridized carbons (Fsp3) is 0.350. The number of methoxy groups -OCH3 is 1. The summed E-state index contributed by atoms with van der Waals surface area (Å²) in [4.78, 5) is 13.9. The molecule has 2 aromatic rings. The van der Waals surface area contributed by atoms with Crippen LogP contribution in [-0.4, -0.2) is 45.1 Å². The minimum Gasteiger partial charge on any atom is -0.497 e. The molecule has 8 heteroatoms. The summed E-state index contributed by atoms with van der Waals surface area (Å²) in [5.41, 5.74) is 0.769. The third kappa shape index (κ3) is 4.68. The summed E-state index contributed by atoms with van der Waals surface area (Å²) in [7, 11) is -2.02. The van der Waals surface area contributed by atoms with Gasteiger partial charge in [0.2, 0.25) is 15.9 Å². The Labute approximate surface area is 170 Å². The van der Waals surface area contributed by atoms with Crippen LogP contribution in [0, 0.1) is 5.92 Å². The average molecular weight is 421 g/mol. The molecule has 6 nitrogen and oxygen atoms in total. The maximum absolute atomic E-state index is 12.8. The monoisotopic (exact) mass is 420 g/mol. The number of nitrogens with one attached hydrogen (secondary N) is 1. The number of thioether (sulfide) groups is 1. The number of rotatable bonds is 6. The number of ether oxygens (including phenoxy) is 1. The van der Waals surface area contributed by atoms with Crippen LogP contribution < -0.4 is 10.1 Å². The van der Waals surface area contributed by atoms with Crippen LogP contribution in [0.15, 0.2) is 58.3 Å². The summed E-state index contributed by atoms with van der Waals surface area (Å²) in [5.74, 6) is 0.361. The third-order valence-corrected chi connectivity index (χ3v) is 7.50. The Balaban J connectivity index is 1.60. The molecule has 0 radical (unpaired) electrons. The van der Waals surface area contributed by atoms with E-state index >= 15 is 0 Å². The Kier molecular flexibility index (Phi) is 6.64. The average Bonchev–Trinajstić information content (AvgIpc) is 2.74. The number of amides is 1. The van der Waals surface area contributed by atoms with Gasteiger partial charge in [0.1, 0.15) is 5.75 Å². The highest BCUT2D eigenvalue weighted by molar-refractivity contribution is 7.98. The topological polar surface area (TPSA) is 75.7 Å². The van der Waals surface area contributed by atoms with E-state index in [2.05, 4.69) is 5.32 Å². The van der Waals surface area contributed by atoms with Crippen molar-refractivity contribution in [1.82, 2.24) is 4.31 Å². The molecule has 0 aliphatic carbocycles. The molecule has 0 spiro atoms. The first kappa shape index (κ1) is 20.7. The van der Waals surface area contributed by atoms with Crippen LogP contribution in [0.25, 0.3) is 0 Å². The highest BCUT2D eigenvalue weighted by atomic mass is 32.2. The van der Waals surface area contributed by atoms with Crippen molar-refractivity contribution >= 4 is 33.4 Å². The molecule has 1 N–H and O–H groups in total. The first-order valence-electron chi connectivity index (χ1n) is 9.03. The van der Waals surface area contributed by atoms with E-state index in [1.54, 1.807) is 36.0 Å². The van der Waals surface area contributed by atoms with Crippen molar-refractivity contribution in [2.75, 3.05) is 31.8 Å². The zero-order valence-electron chi connectivity index (χ0n) is 15.9. The summed E-state index contributed by atoms with van der Waals surface area (Å²) in [6.07, 6.45) is 2.99. The van der Waals surface area contributed by atoms with Gasteiger partial charge in [-0.05, 0) is 61.6 Å². The van der Waals surface area contributed by atoms with Crippen molar-refractivity contribution in [2.24, 2.45) is 5.92 Å². The second-order valence-corrected chi connectivity index (χ2v) is 9.39. The number of sulfonamides is 1. The van der Waals surface area contributed by atoms with Gasteiger partial charge in [-0.15, -0.1) is 11.8 Å². The Morgan fingerprint density at radius 1 is 1.14 bits per heavy atom. The molecule has 28 heavy (non-hydrogen) atoms. The van der Waals surface area contributed by atoms with Crippen molar-refractivity contribution in [2.45, 2.75) is 22.6 Å². The largest absolute Gasteiger partial charge is 0.497 e. The summed E-state index contributed by atoms with van der Waals surface area (Å²) in [6.45, 7) is 0.661. The Bertz CT molecular complexity index is 921. The molecule has 3 rings (SSSR count). The molecular formula is C20H24N2O4S2. The maximum atomic E-state index is 12.8. The van der Waals surface area contributed by atoms with Gasteiger partial charge in [-0.25, -0.2) is 8.42 Å². The quantitative estimate of drug-likeness (QED) is 0.725. The highest BCUT2D eigenvalue weighted by Crippen LogP contribution is 2.26. The van der Waals surface area contributed by atoms with Gasteiger partial charge in [-0.1, -0.05) is 6.07 Å². The molecule has 0 aromatic heterocycles. The Morgan fingerprint density at radius 3 is 2.43 bits per heavy atom. The van der Waals surface area contributed by atoms with E-state index in [4.69, 9.17) is 4.74 Å². The van der Waals surface area contributed by atoms with E-state index in [1.807, 2.05) is 30.5 Å². The van der Waals surface area contributed by atoms with Crippen molar-refractivity contribution in [3.05, 3.63) is 48.5 Å². The van der Waals surface area contributed by atoms with Crippen molar-refractivity contribution < 1.29 is 17.9 Å². The van der Waals surface area contributed by atoms with Crippen LogP contribution in [0.3, 0.4) is 0 Å². The van der Waals surface area contributed by atoms with Gasteiger partial charge in [-0.3, -0.25) is 4.79 Å². The van der Waals surface area contributed by atoms with E-state index in [9.17, 15) is 13.2 Å². The fourth-order valence-corrected chi connectivity index (χ4v) is 5.13. The molecule has 0 bridgehead atoms. The zero-order chi connectivity index (χ0) is 20.1. The van der Waals surface area contributed by atoms with E-state index in [1.165, 1.54) is 11.4 Å². The lowest BCUT2D eigenvalue weighted by Crippen LogP contribution is -2.41. The number of benzene rings is 2. The van der Waals surface area contributed by atoms with Crippen molar-refractivity contribution in [1.29, 1.82) is 0 Å². The summed E-state index contributed by atoms with van der Waals surface area (Å²) in [5, 5.41) is 2.95. The number of hydrogen-bond acceptors (Lipinski definition) is 5. The Hall–Kier alpha value is -2.03. The standard InChI is InChI=1S/C20H24N2O4S2/c1-26-17-6-8-19(9-7-17)28(24,25)22-12-10-15(11-13-22)20(23)21-16-4-3-5-18(14-16)27-2/h3-9,14-15H,10-13H2,1-2H3,(H,21,23). The first-order chi connectivity index (χ1) is 13.4. The van der Waals surface area contributed by atoms with Crippen LogP contribution in [-0.2, 0) is 14.8 Å². The molecule has 2 aromatic carbocycles. The summed E-state index contributed by atoms with van der Waals surface area (Å²) >= 11 is 1.62. The van der Waals surface area contributed by atoms with Gasteiger partial charge in [0.15, 0.2) is 0 Å². The van der Waals surface area contributed by atoms with Crippen molar-refractivity contribution in [3.63, 3.8) is 0 Å². The van der Waals surface area contributed by atoms with Gasteiger partial charge in [0, 0.05) is 29.6 Å². The molecule has 0 unspecified atom stereocenters. The van der Waals surface area contributed by atoms with Crippen LogP contribution in [0.1, 0.15) is 12.8 Å². The smallest absolute Gasteiger partial charge is 0.243 e. The predicted octanol–water partition coefficient (Wildman–Crippen LogP) is 3.46. The molecule has 1 heterocycles. The lowest BCUT2D eigenvalue weighted by molar-refractivity contribution is -0.120. The third-order valence-electron chi connectivity index (χ3n) is 4.86. The number of piperidine rings is 1. The molecular weight excluding hydrogens is 396 g/mol. The van der Waals surface area contributed by atoms with Crippen LogP contribution >= 0.6 is 11.8 Å². The molecule has 1 aliphatic heterocycles. The number of carbonyl (C=O) groups excluding carboxylic acids is 1. The first-order valence-corrected chi connectivity index (χ1v) is 11.7. The number of anilines is 1. The molecule has 0 saturated carbocycles. The van der Waals surface area contributed by atoms with E-state index in [-0.39, 0.29) is 16.7 Å². The highest BCUT2D eigenvalue weighted by Gasteiger charge is 2.32. The van der Waals surface area contributed by atoms with Crippen LogP contribution in [0.4, 0.5) is 5.69 Å². The number of nitrogens with zero attached hydrogens (tertiary/aromatic N) is 1. The van der Waals surface area contributed by atoms with Gasteiger partial charge >= 0.3 is 0 Å². The lowest BCUT2D eigenvalue weighted by Gasteiger charge is -2.30. The van der Waals surface area contributed by atoms with Crippen LogP contribution in [0.5, 0.6) is 5.75 Å². The molecule has 1 fully saturated rings. The minimum absolute atomic E-state index is 0.0558. The molecule has 1 aliphatic rings. The number of hydrogen-bond donors (Lipinski definition) is 1. The van der Waals surface area contributed by atoms with Crippen LogP contribution in [0.2, 0.25) is 0 Å². The molecule has 1 amide bonds. The SMILES string of the molecule is COc1ccc(S(=O)(=O)N2CCC(C(=O)Nc3cccc(SC)c3)CC2)cc1. The minimum atomic E-state index is -3.56. The zero-order valence-corrected chi connectivity index (χ0v) is 17.6. The maximum Gasteiger partial charge on any atom is 0.243 e. The molecule has 150 valence electrons. The van der Waals surface area contributed by atoms with E-state index in [0.29, 0.717) is 31.7 Å². The number of carbonyl (C=O) groups is 1. The van der Waals surface area contributed by atoms with Gasteiger partial charge in [0.05, 0.1) is 12.0 Å². The fourth-order valence-electron chi connectivity index (χ4n) is 3.20. The molecule has 0 atom stereocenters. The van der Waals surface area contributed by atoms with Gasteiger partial charge < -0.3 is 10.1 Å². The normalized spacial score (nSPS) is 15.9. The molecule has 1 saturated heterocycles. The summed E-state index contributed by atoms with van der Waals surface area (Å²) < 4.78 is 32.1. The van der Waals surface area contributed by atoms with Crippen molar-refractivity contribution in [3.8, 4) is 5.75 Å². The van der Waals surface area contributed by atoms with E-state index < -0.39 is 10.0 Å². The second-order valence-electron chi connectivity index (χ2n) is 6.58. The van der Waals surface area contributed by atoms with Gasteiger partial charge in [0.25, 0.3) is 0 Å². The predicted molar refractivity (Wildman–Crippen MR) is 111 cm³/mol. The lowest BCUT2D eigenvalue weighted by atomic mass is 9.97.